The minimum atomic E-state index is -1.01. The van der Waals surface area contributed by atoms with Crippen LogP contribution in [0.4, 0.5) is 0 Å². The maximum absolute atomic E-state index is 12.6. The van der Waals surface area contributed by atoms with Gasteiger partial charge in [0.25, 0.3) is 0 Å². The van der Waals surface area contributed by atoms with Gasteiger partial charge in [0.2, 0.25) is 5.91 Å². The first-order chi connectivity index (χ1) is 10.0. The van der Waals surface area contributed by atoms with Crippen LogP contribution in [-0.4, -0.2) is 29.4 Å². The second-order valence-corrected chi connectivity index (χ2v) is 5.37. The molecule has 1 atom stereocenters. The first-order valence-corrected chi connectivity index (χ1v) is 7.01. The van der Waals surface area contributed by atoms with E-state index < -0.39 is 5.54 Å². The van der Waals surface area contributed by atoms with E-state index in [1.165, 1.54) is 0 Å². The molecule has 4 nitrogen and oxygen atoms in total. The average molecular weight is 320 g/mol. The van der Waals surface area contributed by atoms with Crippen molar-refractivity contribution in [2.45, 2.75) is 18.9 Å². The van der Waals surface area contributed by atoms with Gasteiger partial charge in [0.05, 0.1) is 0 Å². The van der Waals surface area contributed by atoms with Gasteiger partial charge >= 0.3 is 0 Å². The maximum Gasteiger partial charge on any atom is 0.246 e. The average Bonchev–Trinajstić information content (AvgIpc) is 2.53. The molecule has 0 spiro atoms. The first-order valence-electron chi connectivity index (χ1n) is 7.01. The molecule has 0 saturated carbocycles. The van der Waals surface area contributed by atoms with Crippen molar-refractivity contribution in [3.63, 3.8) is 0 Å². The SMILES string of the molecule is CN(CCc1ccccn1)C(=O)C(C)(N)c1ccccc1.Cl. The predicted octanol–water partition coefficient (Wildman–Crippen LogP) is 2.38. The van der Waals surface area contributed by atoms with E-state index in [2.05, 4.69) is 4.98 Å². The Kier molecular flexibility index (Phi) is 6.53. The Morgan fingerprint density at radius 3 is 2.41 bits per heavy atom. The molecule has 0 radical (unpaired) electrons. The van der Waals surface area contributed by atoms with Crippen LogP contribution in [0.15, 0.2) is 54.7 Å². The smallest absolute Gasteiger partial charge is 0.246 e. The summed E-state index contributed by atoms with van der Waals surface area (Å²) in [5.74, 6) is -0.0929. The van der Waals surface area contributed by atoms with E-state index in [4.69, 9.17) is 5.73 Å². The van der Waals surface area contributed by atoms with Gasteiger partial charge in [-0.25, -0.2) is 0 Å². The summed E-state index contributed by atoms with van der Waals surface area (Å²) in [6, 6.07) is 15.2. The van der Waals surface area contributed by atoms with E-state index in [0.29, 0.717) is 13.0 Å². The Labute approximate surface area is 137 Å². The third-order valence-corrected chi connectivity index (χ3v) is 3.59. The van der Waals surface area contributed by atoms with E-state index in [-0.39, 0.29) is 18.3 Å². The number of aromatic nitrogens is 1. The molecule has 1 amide bonds. The summed E-state index contributed by atoms with van der Waals surface area (Å²) in [6.45, 7) is 2.34. The fourth-order valence-electron chi connectivity index (χ4n) is 2.23. The number of pyridine rings is 1. The summed E-state index contributed by atoms with van der Waals surface area (Å²) in [6.07, 6.45) is 2.47. The van der Waals surface area contributed by atoms with Crippen LogP contribution in [0.3, 0.4) is 0 Å². The number of benzene rings is 1. The number of carbonyl (C=O) groups is 1. The Hall–Kier alpha value is -1.91. The number of rotatable bonds is 5. The minimum absolute atomic E-state index is 0. The standard InChI is InChI=1S/C17H21N3O.ClH/c1-17(18,14-8-4-3-5-9-14)16(21)20(2)13-11-15-10-6-7-12-19-15;/h3-10,12H,11,13,18H2,1-2H3;1H. The molecule has 1 heterocycles. The van der Waals surface area contributed by atoms with Crippen LogP contribution in [0.25, 0.3) is 0 Å². The van der Waals surface area contributed by atoms with Crippen LogP contribution < -0.4 is 5.73 Å². The predicted molar refractivity (Wildman–Crippen MR) is 90.8 cm³/mol. The van der Waals surface area contributed by atoms with Crippen LogP contribution in [-0.2, 0) is 16.8 Å². The molecule has 22 heavy (non-hydrogen) atoms. The van der Waals surface area contributed by atoms with Crippen LogP contribution in [0, 0.1) is 0 Å². The highest BCUT2D eigenvalue weighted by molar-refractivity contribution is 5.86. The molecule has 0 aliphatic heterocycles. The number of carbonyl (C=O) groups excluding carboxylic acids is 1. The van der Waals surface area contributed by atoms with E-state index in [0.717, 1.165) is 11.3 Å². The van der Waals surface area contributed by atoms with Crippen molar-refractivity contribution < 1.29 is 4.79 Å². The number of amides is 1. The summed E-state index contributed by atoms with van der Waals surface area (Å²) in [4.78, 5) is 18.5. The molecule has 2 rings (SSSR count). The number of likely N-dealkylation sites (N-methyl/N-ethyl adjacent to an activating group) is 1. The third kappa shape index (κ3) is 4.29. The molecule has 0 fully saturated rings. The van der Waals surface area contributed by atoms with Gasteiger partial charge in [-0.15, -0.1) is 12.4 Å². The second kappa shape index (κ2) is 7.92. The fraction of sp³-hybridized carbons (Fsp3) is 0.294. The zero-order chi connectivity index (χ0) is 15.3. The van der Waals surface area contributed by atoms with Crippen molar-refractivity contribution in [1.82, 2.24) is 9.88 Å². The van der Waals surface area contributed by atoms with Crippen LogP contribution in [0.2, 0.25) is 0 Å². The molecule has 0 aliphatic carbocycles. The molecule has 0 bridgehead atoms. The summed E-state index contributed by atoms with van der Waals surface area (Å²) in [7, 11) is 1.78. The Morgan fingerprint density at radius 2 is 1.82 bits per heavy atom. The summed E-state index contributed by atoms with van der Waals surface area (Å²) >= 11 is 0. The van der Waals surface area contributed by atoms with E-state index in [1.54, 1.807) is 25.1 Å². The minimum Gasteiger partial charge on any atom is -0.343 e. The summed E-state index contributed by atoms with van der Waals surface area (Å²) in [5, 5.41) is 0. The van der Waals surface area contributed by atoms with Crippen molar-refractivity contribution in [2.24, 2.45) is 5.73 Å². The Bertz CT molecular complexity index is 587. The van der Waals surface area contributed by atoms with Crippen LogP contribution in [0.5, 0.6) is 0 Å². The third-order valence-electron chi connectivity index (χ3n) is 3.59. The lowest BCUT2D eigenvalue weighted by atomic mass is 9.91. The number of hydrogen-bond acceptors (Lipinski definition) is 3. The number of nitrogens with two attached hydrogens (primary N) is 1. The molecule has 5 heteroatoms. The van der Waals surface area contributed by atoms with E-state index in [9.17, 15) is 4.79 Å². The highest BCUT2D eigenvalue weighted by atomic mass is 35.5. The monoisotopic (exact) mass is 319 g/mol. The van der Waals surface area contributed by atoms with Crippen LogP contribution in [0.1, 0.15) is 18.2 Å². The number of hydrogen-bond donors (Lipinski definition) is 1. The van der Waals surface area contributed by atoms with Crippen molar-refractivity contribution >= 4 is 18.3 Å². The van der Waals surface area contributed by atoms with E-state index >= 15 is 0 Å². The molecule has 2 aromatic rings. The summed E-state index contributed by atoms with van der Waals surface area (Å²) in [5.41, 5.74) is 7.02. The second-order valence-electron chi connectivity index (χ2n) is 5.37. The Balaban J connectivity index is 0.00000242. The van der Waals surface area contributed by atoms with Crippen molar-refractivity contribution in [3.05, 3.63) is 66.0 Å². The van der Waals surface area contributed by atoms with Gasteiger partial charge in [0.15, 0.2) is 0 Å². The molecule has 1 aromatic carbocycles. The first kappa shape index (κ1) is 18.1. The zero-order valence-electron chi connectivity index (χ0n) is 12.9. The molecular weight excluding hydrogens is 298 g/mol. The molecule has 1 unspecified atom stereocenters. The summed E-state index contributed by atoms with van der Waals surface area (Å²) < 4.78 is 0. The molecule has 118 valence electrons. The lowest BCUT2D eigenvalue weighted by molar-refractivity contribution is -0.135. The largest absolute Gasteiger partial charge is 0.343 e. The van der Waals surface area contributed by atoms with E-state index in [1.807, 2.05) is 48.5 Å². The van der Waals surface area contributed by atoms with Crippen LogP contribution >= 0.6 is 12.4 Å². The lowest BCUT2D eigenvalue weighted by Gasteiger charge is -2.29. The Morgan fingerprint density at radius 1 is 1.18 bits per heavy atom. The highest BCUT2D eigenvalue weighted by Gasteiger charge is 2.32. The quantitative estimate of drug-likeness (QED) is 0.920. The van der Waals surface area contributed by atoms with Gasteiger partial charge in [-0.3, -0.25) is 9.78 Å². The number of halogens is 1. The molecular formula is C17H22ClN3O. The molecule has 1 aromatic heterocycles. The highest BCUT2D eigenvalue weighted by Crippen LogP contribution is 2.19. The van der Waals surface area contributed by atoms with Gasteiger partial charge in [-0.1, -0.05) is 36.4 Å². The van der Waals surface area contributed by atoms with Crippen molar-refractivity contribution in [1.29, 1.82) is 0 Å². The van der Waals surface area contributed by atoms with Gasteiger partial charge < -0.3 is 10.6 Å². The normalized spacial score (nSPS) is 12.9. The van der Waals surface area contributed by atoms with Crippen molar-refractivity contribution in [2.75, 3.05) is 13.6 Å². The molecule has 0 aliphatic rings. The van der Waals surface area contributed by atoms with Crippen molar-refractivity contribution in [3.8, 4) is 0 Å². The molecule has 0 saturated heterocycles. The lowest BCUT2D eigenvalue weighted by Crippen LogP contribution is -2.50. The fourth-order valence-corrected chi connectivity index (χ4v) is 2.23. The molecule has 2 N–H and O–H groups in total. The zero-order valence-corrected chi connectivity index (χ0v) is 13.7. The van der Waals surface area contributed by atoms with Gasteiger partial charge in [0.1, 0.15) is 5.54 Å². The van der Waals surface area contributed by atoms with Gasteiger partial charge in [-0.2, -0.15) is 0 Å². The van der Waals surface area contributed by atoms with Gasteiger partial charge in [-0.05, 0) is 24.6 Å². The topological polar surface area (TPSA) is 59.2 Å². The number of nitrogens with zero attached hydrogens (tertiary/aromatic N) is 2. The maximum atomic E-state index is 12.6. The van der Waals surface area contributed by atoms with Gasteiger partial charge in [0, 0.05) is 31.9 Å².